The van der Waals surface area contributed by atoms with E-state index in [4.69, 9.17) is 9.15 Å². The number of furan rings is 1. The van der Waals surface area contributed by atoms with Crippen molar-refractivity contribution in [2.45, 2.75) is 27.3 Å². The van der Waals surface area contributed by atoms with Crippen molar-refractivity contribution in [1.82, 2.24) is 15.3 Å². The van der Waals surface area contributed by atoms with E-state index in [1.54, 1.807) is 13.4 Å². The number of ether oxygens (including phenoxy) is 1. The maximum Gasteiger partial charge on any atom is 0.163 e. The summed E-state index contributed by atoms with van der Waals surface area (Å²) in [5.74, 6) is 1.57. The molecule has 0 spiro atoms. The first-order chi connectivity index (χ1) is 9.63. The van der Waals surface area contributed by atoms with E-state index in [-0.39, 0.29) is 0 Å². The van der Waals surface area contributed by atoms with E-state index < -0.39 is 0 Å². The molecule has 5 nitrogen and oxygen atoms in total. The highest BCUT2D eigenvalue weighted by Gasteiger charge is 2.12. The molecule has 20 heavy (non-hydrogen) atoms. The zero-order chi connectivity index (χ0) is 14.5. The topological polar surface area (TPSA) is 60.2 Å². The van der Waals surface area contributed by atoms with E-state index >= 15 is 0 Å². The monoisotopic (exact) mass is 275 g/mol. The van der Waals surface area contributed by atoms with Crippen LogP contribution in [0.1, 0.15) is 22.7 Å². The van der Waals surface area contributed by atoms with E-state index in [0.29, 0.717) is 6.61 Å². The third-order valence-corrected chi connectivity index (χ3v) is 3.31. The molecule has 0 aromatic carbocycles. The van der Waals surface area contributed by atoms with Crippen molar-refractivity contribution in [2.75, 3.05) is 20.3 Å². The summed E-state index contributed by atoms with van der Waals surface area (Å²) in [4.78, 5) is 9.19. The van der Waals surface area contributed by atoms with Gasteiger partial charge in [-0.15, -0.1) is 0 Å². The zero-order valence-electron chi connectivity index (χ0n) is 12.5. The van der Waals surface area contributed by atoms with Gasteiger partial charge >= 0.3 is 0 Å². The van der Waals surface area contributed by atoms with Crippen molar-refractivity contribution >= 4 is 0 Å². The van der Waals surface area contributed by atoms with Gasteiger partial charge in [0.2, 0.25) is 0 Å². The summed E-state index contributed by atoms with van der Waals surface area (Å²) in [6.45, 7) is 8.22. The highest BCUT2D eigenvalue weighted by molar-refractivity contribution is 5.57. The molecule has 2 rings (SSSR count). The van der Waals surface area contributed by atoms with E-state index in [9.17, 15) is 0 Å². The van der Waals surface area contributed by atoms with Gasteiger partial charge < -0.3 is 14.5 Å². The highest BCUT2D eigenvalue weighted by atomic mass is 16.5. The first kappa shape index (κ1) is 14.7. The van der Waals surface area contributed by atoms with Gasteiger partial charge in [-0.2, -0.15) is 0 Å². The molecule has 108 valence electrons. The van der Waals surface area contributed by atoms with Crippen LogP contribution in [0.15, 0.2) is 16.7 Å². The number of aromatic nitrogens is 2. The van der Waals surface area contributed by atoms with Crippen LogP contribution in [0.5, 0.6) is 0 Å². The molecule has 1 N–H and O–H groups in total. The summed E-state index contributed by atoms with van der Waals surface area (Å²) in [5, 5.41) is 3.33. The Morgan fingerprint density at radius 1 is 1.20 bits per heavy atom. The Labute approximate surface area is 119 Å². The molecule has 0 saturated carbocycles. The minimum absolute atomic E-state index is 0.700. The second kappa shape index (κ2) is 6.63. The van der Waals surface area contributed by atoms with Crippen molar-refractivity contribution in [1.29, 1.82) is 0 Å². The Morgan fingerprint density at radius 2 is 1.90 bits per heavy atom. The van der Waals surface area contributed by atoms with Crippen LogP contribution in [0.3, 0.4) is 0 Å². The van der Waals surface area contributed by atoms with E-state index in [1.165, 1.54) is 0 Å². The smallest absolute Gasteiger partial charge is 0.163 e. The molecule has 2 aromatic heterocycles. The molecule has 0 amide bonds. The number of rotatable bonds is 6. The molecule has 0 fully saturated rings. The van der Waals surface area contributed by atoms with Gasteiger partial charge in [0.15, 0.2) is 5.82 Å². The molecule has 0 aliphatic carbocycles. The van der Waals surface area contributed by atoms with Crippen molar-refractivity contribution < 1.29 is 9.15 Å². The van der Waals surface area contributed by atoms with Crippen molar-refractivity contribution in [3.8, 4) is 11.4 Å². The van der Waals surface area contributed by atoms with Gasteiger partial charge in [0.1, 0.15) is 5.76 Å². The second-order valence-corrected chi connectivity index (χ2v) is 4.76. The average Bonchev–Trinajstić information content (AvgIpc) is 2.83. The van der Waals surface area contributed by atoms with Crippen LogP contribution in [0, 0.1) is 20.8 Å². The first-order valence-electron chi connectivity index (χ1n) is 6.71. The standard InChI is InChI=1S/C15H21N3O2/c1-10-14(9-16-6-8-19-4)11(2)18-15(17-10)13-5-7-20-12(13)3/h5,7,16H,6,8-9H2,1-4H3. The van der Waals surface area contributed by atoms with Crippen molar-refractivity contribution in [3.63, 3.8) is 0 Å². The zero-order valence-corrected chi connectivity index (χ0v) is 12.5. The molecule has 5 heteroatoms. The van der Waals surface area contributed by atoms with Gasteiger partial charge in [-0.25, -0.2) is 9.97 Å². The third-order valence-electron chi connectivity index (χ3n) is 3.31. The van der Waals surface area contributed by atoms with Gasteiger partial charge in [0.05, 0.1) is 18.4 Å². The Morgan fingerprint density at radius 3 is 2.45 bits per heavy atom. The number of nitrogens with zero attached hydrogens (tertiary/aromatic N) is 2. The predicted octanol–water partition coefficient (Wildman–Crippen LogP) is 2.40. The van der Waals surface area contributed by atoms with Crippen LogP contribution in [-0.2, 0) is 11.3 Å². The fraction of sp³-hybridized carbons (Fsp3) is 0.467. The Kier molecular flexibility index (Phi) is 4.87. The third kappa shape index (κ3) is 3.23. The molecule has 0 aliphatic rings. The molecule has 0 radical (unpaired) electrons. The number of hydrogen-bond donors (Lipinski definition) is 1. The van der Waals surface area contributed by atoms with Crippen LogP contribution in [0.25, 0.3) is 11.4 Å². The molecule has 0 saturated heterocycles. The SMILES string of the molecule is COCCNCc1c(C)nc(-c2ccoc2C)nc1C. The Hall–Kier alpha value is -1.72. The van der Waals surface area contributed by atoms with Gasteiger partial charge in [-0.3, -0.25) is 0 Å². The summed E-state index contributed by atoms with van der Waals surface area (Å²) in [6.07, 6.45) is 1.67. The minimum atomic E-state index is 0.700. The second-order valence-electron chi connectivity index (χ2n) is 4.76. The van der Waals surface area contributed by atoms with Crippen LogP contribution < -0.4 is 5.32 Å². The molecule has 2 aromatic rings. The largest absolute Gasteiger partial charge is 0.469 e. The van der Waals surface area contributed by atoms with E-state index in [2.05, 4.69) is 15.3 Å². The van der Waals surface area contributed by atoms with Gasteiger partial charge in [0, 0.05) is 37.2 Å². The van der Waals surface area contributed by atoms with E-state index in [1.807, 2.05) is 26.8 Å². The van der Waals surface area contributed by atoms with Crippen molar-refractivity contribution in [2.24, 2.45) is 0 Å². The van der Waals surface area contributed by atoms with Crippen molar-refractivity contribution in [3.05, 3.63) is 35.0 Å². The lowest BCUT2D eigenvalue weighted by atomic mass is 10.1. The maximum absolute atomic E-state index is 5.31. The molecule has 0 bridgehead atoms. The number of methoxy groups -OCH3 is 1. The Bertz CT molecular complexity index is 555. The van der Waals surface area contributed by atoms with Crippen LogP contribution in [-0.4, -0.2) is 30.2 Å². The van der Waals surface area contributed by atoms with Gasteiger partial charge in [-0.05, 0) is 26.8 Å². The Balaban J connectivity index is 2.19. The molecule has 0 unspecified atom stereocenters. The fourth-order valence-electron chi connectivity index (χ4n) is 2.12. The maximum atomic E-state index is 5.31. The van der Waals surface area contributed by atoms with Crippen LogP contribution >= 0.6 is 0 Å². The summed E-state index contributed by atoms with van der Waals surface area (Å²) in [5.41, 5.74) is 4.09. The lowest BCUT2D eigenvalue weighted by molar-refractivity contribution is 0.199. The number of nitrogens with one attached hydrogen (secondary N) is 1. The molecule has 2 heterocycles. The average molecular weight is 275 g/mol. The first-order valence-corrected chi connectivity index (χ1v) is 6.71. The van der Waals surface area contributed by atoms with Gasteiger partial charge in [-0.1, -0.05) is 0 Å². The molecule has 0 aliphatic heterocycles. The molecular weight excluding hydrogens is 254 g/mol. The summed E-state index contributed by atoms with van der Waals surface area (Å²) in [6, 6.07) is 1.90. The normalized spacial score (nSPS) is 11.0. The lowest BCUT2D eigenvalue weighted by Gasteiger charge is -2.11. The molecular formula is C15H21N3O2. The van der Waals surface area contributed by atoms with E-state index in [0.717, 1.165) is 47.2 Å². The summed E-state index contributed by atoms with van der Waals surface area (Å²) < 4.78 is 10.3. The summed E-state index contributed by atoms with van der Waals surface area (Å²) >= 11 is 0. The predicted molar refractivity (Wildman–Crippen MR) is 77.5 cm³/mol. The summed E-state index contributed by atoms with van der Waals surface area (Å²) in [7, 11) is 1.70. The molecule has 0 atom stereocenters. The number of hydrogen-bond acceptors (Lipinski definition) is 5. The van der Waals surface area contributed by atoms with Crippen LogP contribution in [0.4, 0.5) is 0 Å². The van der Waals surface area contributed by atoms with Gasteiger partial charge in [0.25, 0.3) is 0 Å². The van der Waals surface area contributed by atoms with Crippen LogP contribution in [0.2, 0.25) is 0 Å². The number of aryl methyl sites for hydroxylation is 3. The fourth-order valence-corrected chi connectivity index (χ4v) is 2.12. The highest BCUT2D eigenvalue weighted by Crippen LogP contribution is 2.22. The lowest BCUT2D eigenvalue weighted by Crippen LogP contribution is -2.20. The minimum Gasteiger partial charge on any atom is -0.469 e. The quantitative estimate of drug-likeness (QED) is 0.820.